The van der Waals surface area contributed by atoms with Crippen LogP contribution in [-0.4, -0.2) is 47.2 Å². The minimum Gasteiger partial charge on any atom is -0.486 e. The molecule has 0 radical (unpaired) electrons. The molecule has 1 unspecified atom stereocenters. The fraction of sp³-hybridized carbons (Fsp3) is 0.375. The molecular formula is C16H20N2O4S2. The Bertz CT molecular complexity index is 788. The Morgan fingerprint density at radius 2 is 1.96 bits per heavy atom. The van der Waals surface area contributed by atoms with Gasteiger partial charge in [-0.1, -0.05) is 6.07 Å². The molecule has 24 heavy (non-hydrogen) atoms. The molecule has 6 nitrogen and oxygen atoms in total. The predicted molar refractivity (Wildman–Crippen MR) is 93.4 cm³/mol. The van der Waals surface area contributed by atoms with Gasteiger partial charge in [0.05, 0.1) is 10.9 Å². The van der Waals surface area contributed by atoms with E-state index in [1.54, 1.807) is 17.4 Å². The Labute approximate surface area is 146 Å². The maximum absolute atomic E-state index is 12.6. The first kappa shape index (κ1) is 17.2. The van der Waals surface area contributed by atoms with E-state index in [1.165, 1.54) is 12.1 Å². The highest BCUT2D eigenvalue weighted by Gasteiger charge is 2.22. The molecule has 2 aromatic rings. The number of fused-ring (bicyclic) bond motifs is 1. The average molecular weight is 368 g/mol. The second-order valence-corrected chi connectivity index (χ2v) is 8.40. The third kappa shape index (κ3) is 3.72. The fourth-order valence-electron chi connectivity index (χ4n) is 2.48. The van der Waals surface area contributed by atoms with Gasteiger partial charge >= 0.3 is 0 Å². The van der Waals surface area contributed by atoms with E-state index in [1.807, 2.05) is 36.5 Å². The van der Waals surface area contributed by atoms with E-state index in [4.69, 9.17) is 9.47 Å². The van der Waals surface area contributed by atoms with Crippen LogP contribution in [0.5, 0.6) is 11.5 Å². The molecule has 1 aliphatic rings. The summed E-state index contributed by atoms with van der Waals surface area (Å²) in [6.45, 7) is 1.19. The number of nitrogens with zero attached hydrogens (tertiary/aromatic N) is 1. The zero-order valence-electron chi connectivity index (χ0n) is 13.6. The predicted octanol–water partition coefficient (Wildman–Crippen LogP) is 2.10. The number of benzene rings is 1. The van der Waals surface area contributed by atoms with Crippen molar-refractivity contribution in [1.82, 2.24) is 9.62 Å². The molecule has 2 heterocycles. The third-order valence-electron chi connectivity index (χ3n) is 3.79. The number of thiophene rings is 1. The van der Waals surface area contributed by atoms with Crippen LogP contribution < -0.4 is 14.2 Å². The summed E-state index contributed by atoms with van der Waals surface area (Å²) in [7, 11) is 0.246. The van der Waals surface area contributed by atoms with Gasteiger partial charge in [-0.3, -0.25) is 0 Å². The first-order chi connectivity index (χ1) is 11.5. The summed E-state index contributed by atoms with van der Waals surface area (Å²) < 4.78 is 38.8. The number of ether oxygens (including phenoxy) is 2. The smallest absolute Gasteiger partial charge is 0.240 e. The molecule has 130 valence electrons. The van der Waals surface area contributed by atoms with E-state index in [2.05, 4.69) is 4.72 Å². The fourth-order valence-corrected chi connectivity index (χ4v) is 4.46. The second kappa shape index (κ2) is 7.10. The van der Waals surface area contributed by atoms with Gasteiger partial charge in [-0.05, 0) is 37.7 Å². The van der Waals surface area contributed by atoms with Crippen molar-refractivity contribution in [2.45, 2.75) is 10.9 Å². The maximum Gasteiger partial charge on any atom is 0.240 e. The van der Waals surface area contributed by atoms with Gasteiger partial charge in [0.15, 0.2) is 11.5 Å². The molecule has 3 rings (SSSR count). The van der Waals surface area contributed by atoms with E-state index in [0.717, 1.165) is 4.88 Å². The van der Waals surface area contributed by atoms with Crippen molar-refractivity contribution in [3.63, 3.8) is 0 Å². The topological polar surface area (TPSA) is 67.9 Å². The number of hydrogen-bond acceptors (Lipinski definition) is 6. The molecule has 0 amide bonds. The molecule has 0 spiro atoms. The Morgan fingerprint density at radius 3 is 2.62 bits per heavy atom. The number of hydrogen-bond donors (Lipinski definition) is 1. The minimum atomic E-state index is -3.62. The summed E-state index contributed by atoms with van der Waals surface area (Å²) in [5.41, 5.74) is 0. The largest absolute Gasteiger partial charge is 0.486 e. The van der Waals surface area contributed by atoms with E-state index in [-0.39, 0.29) is 10.9 Å². The van der Waals surface area contributed by atoms with Crippen LogP contribution in [-0.2, 0) is 10.0 Å². The molecule has 1 aliphatic heterocycles. The van der Waals surface area contributed by atoms with Crippen molar-refractivity contribution in [2.24, 2.45) is 0 Å². The normalized spacial score (nSPS) is 15.5. The molecule has 0 aliphatic carbocycles. The van der Waals surface area contributed by atoms with Crippen LogP contribution in [0.3, 0.4) is 0 Å². The van der Waals surface area contributed by atoms with Crippen molar-refractivity contribution in [3.05, 3.63) is 40.6 Å². The van der Waals surface area contributed by atoms with Gasteiger partial charge in [-0.2, -0.15) is 0 Å². The standard InChI is InChI=1S/C16H20N2O4S2/c1-18(2)13(16-4-3-9-23-16)11-17-24(19,20)12-5-6-14-15(10-12)22-8-7-21-14/h3-6,9-10,13,17H,7-8,11H2,1-2H3. The van der Waals surface area contributed by atoms with E-state index in [9.17, 15) is 8.42 Å². The average Bonchev–Trinajstić information content (AvgIpc) is 3.08. The van der Waals surface area contributed by atoms with Gasteiger partial charge in [0.1, 0.15) is 13.2 Å². The molecule has 0 saturated heterocycles. The lowest BCUT2D eigenvalue weighted by atomic mass is 10.2. The van der Waals surface area contributed by atoms with Crippen molar-refractivity contribution in [2.75, 3.05) is 33.9 Å². The molecule has 0 saturated carbocycles. The summed E-state index contributed by atoms with van der Waals surface area (Å²) in [4.78, 5) is 3.29. The summed E-state index contributed by atoms with van der Waals surface area (Å²) in [5, 5.41) is 1.99. The molecule has 1 atom stereocenters. The van der Waals surface area contributed by atoms with E-state index in [0.29, 0.717) is 31.3 Å². The van der Waals surface area contributed by atoms with Gasteiger partial charge < -0.3 is 14.4 Å². The molecule has 8 heteroatoms. The maximum atomic E-state index is 12.6. The van der Waals surface area contributed by atoms with Gasteiger partial charge in [0.2, 0.25) is 10.0 Å². The van der Waals surface area contributed by atoms with Gasteiger partial charge in [0.25, 0.3) is 0 Å². The lowest BCUT2D eigenvalue weighted by Gasteiger charge is -2.24. The van der Waals surface area contributed by atoms with E-state index < -0.39 is 10.0 Å². The van der Waals surface area contributed by atoms with Crippen LogP contribution in [0.25, 0.3) is 0 Å². The quantitative estimate of drug-likeness (QED) is 0.846. The summed E-state index contributed by atoms with van der Waals surface area (Å²) in [5.74, 6) is 1.04. The molecule has 1 N–H and O–H groups in total. The summed E-state index contributed by atoms with van der Waals surface area (Å²) >= 11 is 1.61. The van der Waals surface area contributed by atoms with Crippen molar-refractivity contribution >= 4 is 21.4 Å². The zero-order valence-corrected chi connectivity index (χ0v) is 15.2. The Hall–Kier alpha value is -1.61. The highest BCUT2D eigenvalue weighted by molar-refractivity contribution is 7.89. The summed E-state index contributed by atoms with van der Waals surface area (Å²) in [6.07, 6.45) is 0. The van der Waals surface area contributed by atoms with Crippen LogP contribution in [0.4, 0.5) is 0 Å². The van der Waals surface area contributed by atoms with Crippen LogP contribution in [0, 0.1) is 0 Å². The van der Waals surface area contributed by atoms with Crippen LogP contribution >= 0.6 is 11.3 Å². The molecule has 0 fully saturated rings. The second-order valence-electron chi connectivity index (χ2n) is 5.65. The van der Waals surface area contributed by atoms with Crippen LogP contribution in [0.15, 0.2) is 40.6 Å². The van der Waals surface area contributed by atoms with Crippen molar-refractivity contribution in [3.8, 4) is 11.5 Å². The third-order valence-corrected chi connectivity index (χ3v) is 6.18. The molecule has 1 aromatic carbocycles. The first-order valence-electron chi connectivity index (χ1n) is 7.56. The molecular weight excluding hydrogens is 348 g/mol. The Kier molecular flexibility index (Phi) is 5.09. The van der Waals surface area contributed by atoms with Crippen LogP contribution in [0.2, 0.25) is 0 Å². The zero-order chi connectivity index (χ0) is 17.2. The highest BCUT2D eigenvalue weighted by atomic mass is 32.2. The van der Waals surface area contributed by atoms with Gasteiger partial charge in [0, 0.05) is 17.5 Å². The van der Waals surface area contributed by atoms with Crippen LogP contribution in [0.1, 0.15) is 10.9 Å². The first-order valence-corrected chi connectivity index (χ1v) is 9.93. The number of nitrogens with one attached hydrogen (secondary N) is 1. The lowest BCUT2D eigenvalue weighted by molar-refractivity contribution is 0.171. The number of likely N-dealkylation sites (N-methyl/N-ethyl adjacent to an activating group) is 1. The lowest BCUT2D eigenvalue weighted by Crippen LogP contribution is -2.34. The van der Waals surface area contributed by atoms with E-state index >= 15 is 0 Å². The van der Waals surface area contributed by atoms with Gasteiger partial charge in [-0.15, -0.1) is 11.3 Å². The monoisotopic (exact) mass is 368 g/mol. The van der Waals surface area contributed by atoms with Crippen molar-refractivity contribution < 1.29 is 17.9 Å². The molecule has 0 bridgehead atoms. The minimum absolute atomic E-state index is 0.0167. The Morgan fingerprint density at radius 1 is 1.21 bits per heavy atom. The number of sulfonamides is 1. The number of rotatable bonds is 6. The molecule has 1 aromatic heterocycles. The summed E-state index contributed by atoms with van der Waals surface area (Å²) in [6, 6.07) is 8.63. The highest BCUT2D eigenvalue weighted by Crippen LogP contribution is 2.32. The Balaban J connectivity index is 1.76. The van der Waals surface area contributed by atoms with Crippen molar-refractivity contribution in [1.29, 1.82) is 0 Å². The SMILES string of the molecule is CN(C)C(CNS(=O)(=O)c1ccc2c(c1)OCCO2)c1cccs1. The van der Waals surface area contributed by atoms with Gasteiger partial charge in [-0.25, -0.2) is 13.1 Å².